The summed E-state index contributed by atoms with van der Waals surface area (Å²) in [6.07, 6.45) is -5.66. The third-order valence-corrected chi connectivity index (χ3v) is 5.35. The van der Waals surface area contributed by atoms with Gasteiger partial charge in [-0.3, -0.25) is 9.59 Å². The molecule has 0 fully saturated rings. The molecule has 0 saturated heterocycles. The Labute approximate surface area is 155 Å². The number of alkyl halides is 3. The van der Waals surface area contributed by atoms with Crippen molar-refractivity contribution >= 4 is 21.9 Å². The van der Waals surface area contributed by atoms with Gasteiger partial charge in [0.2, 0.25) is 10.0 Å². The molecule has 0 spiro atoms. The van der Waals surface area contributed by atoms with Crippen LogP contribution in [0.2, 0.25) is 0 Å². The Morgan fingerprint density at radius 1 is 1.26 bits per heavy atom. The molecular weight excluding hydrogens is 389 g/mol. The molecule has 11 heteroatoms. The van der Waals surface area contributed by atoms with Crippen LogP contribution in [0.5, 0.6) is 0 Å². The molecule has 0 aliphatic heterocycles. The Kier molecular flexibility index (Phi) is 7.38. The Hall–Kier alpha value is -2.14. The topological polar surface area (TPSA) is 116 Å². The van der Waals surface area contributed by atoms with Gasteiger partial charge >= 0.3 is 12.1 Å². The average Bonchev–Trinajstić information content (AvgIpc) is 2.58. The van der Waals surface area contributed by atoms with E-state index in [0.29, 0.717) is 12.5 Å². The zero-order valence-corrected chi connectivity index (χ0v) is 15.7. The Morgan fingerprint density at radius 3 is 2.33 bits per heavy atom. The first-order valence-electron chi connectivity index (χ1n) is 7.99. The van der Waals surface area contributed by atoms with Gasteiger partial charge in [-0.05, 0) is 31.0 Å². The lowest BCUT2D eigenvalue weighted by atomic mass is 10.0. The number of benzene rings is 1. The molecular formula is C16H21F3N2O5S. The molecule has 1 amide bonds. The van der Waals surface area contributed by atoms with Gasteiger partial charge < -0.3 is 10.5 Å². The number of hydrogen-bond donors (Lipinski definition) is 2. The fourth-order valence-corrected chi connectivity index (χ4v) is 3.35. The summed E-state index contributed by atoms with van der Waals surface area (Å²) in [6, 6.07) is 1.71. The number of nitrogens with one attached hydrogen (secondary N) is 1. The summed E-state index contributed by atoms with van der Waals surface area (Å²) in [5, 5.41) is 0. The Balaban J connectivity index is 3.17. The van der Waals surface area contributed by atoms with Crippen molar-refractivity contribution in [2.75, 3.05) is 0 Å². The first-order chi connectivity index (χ1) is 12.3. The highest BCUT2D eigenvalue weighted by molar-refractivity contribution is 7.89. The van der Waals surface area contributed by atoms with Crippen LogP contribution >= 0.6 is 0 Å². The molecule has 0 heterocycles. The van der Waals surface area contributed by atoms with E-state index in [1.165, 1.54) is 6.92 Å². The smallest absolute Gasteiger partial charge is 0.416 e. The maximum atomic E-state index is 12.8. The summed E-state index contributed by atoms with van der Waals surface area (Å²) in [5.74, 6) is -2.53. The van der Waals surface area contributed by atoms with E-state index in [-0.39, 0.29) is 0 Å². The molecule has 152 valence electrons. The molecule has 1 aromatic rings. The number of halogens is 3. The molecule has 27 heavy (non-hydrogen) atoms. The van der Waals surface area contributed by atoms with Crippen LogP contribution < -0.4 is 10.5 Å². The maximum absolute atomic E-state index is 12.8. The molecule has 1 aromatic carbocycles. The first kappa shape index (κ1) is 22.9. The van der Waals surface area contributed by atoms with Crippen molar-refractivity contribution in [2.24, 2.45) is 11.7 Å². The molecule has 3 N–H and O–H groups in total. The minimum atomic E-state index is -4.72. The molecule has 0 saturated carbocycles. The summed E-state index contributed by atoms with van der Waals surface area (Å²) in [4.78, 5) is 22.6. The fourth-order valence-electron chi connectivity index (χ4n) is 2.01. The van der Waals surface area contributed by atoms with Crippen molar-refractivity contribution in [1.82, 2.24) is 4.72 Å². The van der Waals surface area contributed by atoms with E-state index in [9.17, 15) is 31.2 Å². The van der Waals surface area contributed by atoms with Crippen molar-refractivity contribution in [3.63, 3.8) is 0 Å². The number of amides is 1. The lowest BCUT2D eigenvalue weighted by Gasteiger charge is -2.24. The van der Waals surface area contributed by atoms with E-state index in [4.69, 9.17) is 10.5 Å². The third-order valence-electron chi connectivity index (χ3n) is 3.91. The largest absolute Gasteiger partial charge is 0.451 e. The lowest BCUT2D eigenvalue weighted by molar-refractivity contribution is -0.156. The van der Waals surface area contributed by atoms with Gasteiger partial charge in [0.05, 0.1) is 10.5 Å². The highest BCUT2D eigenvalue weighted by atomic mass is 32.2. The second-order valence-electron chi connectivity index (χ2n) is 5.99. The van der Waals surface area contributed by atoms with Crippen LogP contribution in [0.15, 0.2) is 29.2 Å². The number of rotatable bonds is 8. The Bertz CT molecular complexity index is 795. The van der Waals surface area contributed by atoms with Crippen LogP contribution in [0.25, 0.3) is 0 Å². The summed E-state index contributed by atoms with van der Waals surface area (Å²) in [7, 11) is -4.47. The normalized spacial score (nSPS) is 15.6. The SMILES string of the molecule is CC[C@H](C)[C@H](NS(=O)(=O)c1cccc(C(F)(F)F)c1)C(=O)O[C@@H](C)C(N)=O. The van der Waals surface area contributed by atoms with Gasteiger partial charge in [-0.2, -0.15) is 17.9 Å². The van der Waals surface area contributed by atoms with Gasteiger partial charge in [0, 0.05) is 0 Å². The molecule has 3 atom stereocenters. The molecule has 0 aromatic heterocycles. The zero-order chi connectivity index (χ0) is 21.0. The summed E-state index contributed by atoms with van der Waals surface area (Å²) in [6.45, 7) is 4.45. The third kappa shape index (κ3) is 6.21. The van der Waals surface area contributed by atoms with E-state index < -0.39 is 56.6 Å². The number of nitrogens with two attached hydrogens (primary N) is 1. The molecule has 0 aliphatic carbocycles. The molecule has 0 bridgehead atoms. The van der Waals surface area contributed by atoms with Crippen molar-refractivity contribution in [3.05, 3.63) is 29.8 Å². The van der Waals surface area contributed by atoms with Crippen LogP contribution in [0.3, 0.4) is 0 Å². The molecule has 0 unspecified atom stereocenters. The van der Waals surface area contributed by atoms with Crippen LogP contribution in [-0.2, 0) is 30.5 Å². The van der Waals surface area contributed by atoms with Crippen LogP contribution in [0.1, 0.15) is 32.8 Å². The van der Waals surface area contributed by atoms with E-state index >= 15 is 0 Å². The summed E-state index contributed by atoms with van der Waals surface area (Å²) in [5.41, 5.74) is 3.86. The minimum Gasteiger partial charge on any atom is -0.451 e. The van der Waals surface area contributed by atoms with E-state index in [2.05, 4.69) is 4.72 Å². The number of carbonyl (C=O) groups is 2. The van der Waals surface area contributed by atoms with Gasteiger partial charge in [0.15, 0.2) is 6.10 Å². The van der Waals surface area contributed by atoms with E-state index in [0.717, 1.165) is 18.2 Å². The maximum Gasteiger partial charge on any atom is 0.416 e. The zero-order valence-electron chi connectivity index (χ0n) is 14.9. The van der Waals surface area contributed by atoms with E-state index in [1.807, 2.05) is 0 Å². The quantitative estimate of drug-likeness (QED) is 0.634. The van der Waals surface area contributed by atoms with Gasteiger partial charge in [0.25, 0.3) is 5.91 Å². The number of ether oxygens (including phenoxy) is 1. The first-order valence-corrected chi connectivity index (χ1v) is 9.47. The predicted molar refractivity (Wildman–Crippen MR) is 89.8 cm³/mol. The summed E-state index contributed by atoms with van der Waals surface area (Å²) < 4.78 is 70.3. The highest BCUT2D eigenvalue weighted by Gasteiger charge is 2.35. The number of primary amides is 1. The fraction of sp³-hybridized carbons (Fsp3) is 0.500. The van der Waals surface area contributed by atoms with Crippen molar-refractivity contribution in [3.8, 4) is 0 Å². The monoisotopic (exact) mass is 410 g/mol. The second-order valence-corrected chi connectivity index (χ2v) is 7.71. The van der Waals surface area contributed by atoms with Gasteiger partial charge in [0.1, 0.15) is 6.04 Å². The lowest BCUT2D eigenvalue weighted by Crippen LogP contribution is -2.47. The van der Waals surface area contributed by atoms with Crippen LogP contribution in [0, 0.1) is 5.92 Å². The van der Waals surface area contributed by atoms with Crippen molar-refractivity contribution in [1.29, 1.82) is 0 Å². The van der Waals surface area contributed by atoms with Crippen LogP contribution in [0.4, 0.5) is 13.2 Å². The van der Waals surface area contributed by atoms with Gasteiger partial charge in [-0.25, -0.2) is 8.42 Å². The predicted octanol–water partition coefficient (Wildman–Crippen LogP) is 1.82. The Morgan fingerprint density at radius 2 is 1.85 bits per heavy atom. The number of sulfonamides is 1. The van der Waals surface area contributed by atoms with Crippen LogP contribution in [-0.4, -0.2) is 32.4 Å². The molecule has 7 nitrogen and oxygen atoms in total. The van der Waals surface area contributed by atoms with Crippen molar-refractivity contribution in [2.45, 2.75) is 50.4 Å². The highest BCUT2D eigenvalue weighted by Crippen LogP contribution is 2.30. The summed E-state index contributed by atoms with van der Waals surface area (Å²) >= 11 is 0. The minimum absolute atomic E-state index is 0.357. The number of hydrogen-bond acceptors (Lipinski definition) is 5. The molecule has 0 aliphatic rings. The number of carbonyl (C=O) groups excluding carboxylic acids is 2. The average molecular weight is 410 g/mol. The van der Waals surface area contributed by atoms with Gasteiger partial charge in [-0.15, -0.1) is 0 Å². The second kappa shape index (κ2) is 8.70. The van der Waals surface area contributed by atoms with E-state index in [1.54, 1.807) is 13.8 Å². The standard InChI is InChI=1S/C16H21F3N2O5S/c1-4-9(2)13(15(23)26-10(3)14(20)22)21-27(24,25)12-7-5-6-11(8-12)16(17,18)19/h5-10,13,21H,4H2,1-3H3,(H2,20,22)/t9-,10-,13-/m0/s1. The molecule has 0 radical (unpaired) electrons. The number of esters is 1. The molecule has 1 rings (SSSR count). The van der Waals surface area contributed by atoms with Gasteiger partial charge in [-0.1, -0.05) is 26.3 Å². The van der Waals surface area contributed by atoms with Crippen molar-refractivity contribution < 1.29 is 35.9 Å².